The van der Waals surface area contributed by atoms with Gasteiger partial charge in [0.15, 0.2) is 0 Å². The van der Waals surface area contributed by atoms with Crippen LogP contribution in [0.5, 0.6) is 0 Å². The Morgan fingerprint density at radius 1 is 1.17 bits per heavy atom. The van der Waals surface area contributed by atoms with E-state index in [-0.39, 0.29) is 27.8 Å². The summed E-state index contributed by atoms with van der Waals surface area (Å²) in [5, 5.41) is 10.1. The van der Waals surface area contributed by atoms with Gasteiger partial charge >= 0.3 is 0 Å². The standard InChI is InChI=1S/C19H25N5O4S2/c1-19(2,3)16(26)21-17-22-23-18(29-17)30(27,28)20-11-13-6-8-14(9-7-13)12-24-10-4-5-15(24)25/h6-9,20H,4-5,10-12H2,1-3H3,(H,21,22,26). The van der Waals surface area contributed by atoms with Crippen LogP contribution < -0.4 is 10.0 Å². The van der Waals surface area contributed by atoms with Crippen molar-refractivity contribution >= 4 is 38.3 Å². The van der Waals surface area contributed by atoms with Crippen molar-refractivity contribution in [1.29, 1.82) is 0 Å². The quantitative estimate of drug-likeness (QED) is 0.622. The number of nitrogens with zero attached hydrogens (tertiary/aromatic N) is 3. The number of hydrogen-bond acceptors (Lipinski definition) is 7. The van der Waals surface area contributed by atoms with Crippen molar-refractivity contribution in [2.24, 2.45) is 5.41 Å². The molecule has 9 nitrogen and oxygen atoms in total. The van der Waals surface area contributed by atoms with Crippen molar-refractivity contribution < 1.29 is 18.0 Å². The molecule has 1 aliphatic heterocycles. The van der Waals surface area contributed by atoms with Crippen LogP contribution in [0.4, 0.5) is 5.13 Å². The van der Waals surface area contributed by atoms with Gasteiger partial charge in [-0.05, 0) is 17.5 Å². The van der Waals surface area contributed by atoms with Crippen LogP contribution >= 0.6 is 11.3 Å². The van der Waals surface area contributed by atoms with Gasteiger partial charge in [0, 0.05) is 31.5 Å². The molecule has 1 aliphatic rings. The Kier molecular flexibility index (Phi) is 6.53. The molecule has 2 heterocycles. The number of hydrogen-bond donors (Lipinski definition) is 2. The van der Waals surface area contributed by atoms with Crippen molar-refractivity contribution in [2.45, 2.75) is 51.0 Å². The number of anilines is 1. The molecule has 0 saturated carbocycles. The van der Waals surface area contributed by atoms with Gasteiger partial charge in [0.2, 0.25) is 21.3 Å². The first-order valence-corrected chi connectivity index (χ1v) is 11.8. The lowest BCUT2D eigenvalue weighted by atomic mass is 9.96. The molecule has 1 fully saturated rings. The van der Waals surface area contributed by atoms with Gasteiger partial charge in [-0.25, -0.2) is 13.1 Å². The summed E-state index contributed by atoms with van der Waals surface area (Å²) in [5.41, 5.74) is 1.15. The predicted molar refractivity (Wildman–Crippen MR) is 113 cm³/mol. The van der Waals surface area contributed by atoms with Gasteiger partial charge in [0.25, 0.3) is 10.0 Å². The molecule has 0 aliphatic carbocycles. The van der Waals surface area contributed by atoms with Gasteiger partial charge in [-0.3, -0.25) is 9.59 Å². The highest BCUT2D eigenvalue weighted by atomic mass is 32.2. The third-order valence-electron chi connectivity index (χ3n) is 4.57. The lowest BCUT2D eigenvalue weighted by Gasteiger charge is -2.15. The first-order chi connectivity index (χ1) is 14.0. The highest BCUT2D eigenvalue weighted by Crippen LogP contribution is 2.23. The van der Waals surface area contributed by atoms with E-state index in [1.54, 1.807) is 20.8 Å². The Balaban J connectivity index is 1.57. The van der Waals surface area contributed by atoms with Crippen molar-refractivity contribution in [3.05, 3.63) is 35.4 Å². The average Bonchev–Trinajstić information content (AvgIpc) is 3.30. The van der Waals surface area contributed by atoms with E-state index in [4.69, 9.17) is 0 Å². The molecule has 11 heteroatoms. The van der Waals surface area contributed by atoms with Crippen LogP contribution in [-0.4, -0.2) is 41.9 Å². The van der Waals surface area contributed by atoms with E-state index < -0.39 is 15.4 Å². The average molecular weight is 452 g/mol. The van der Waals surface area contributed by atoms with Gasteiger partial charge in [-0.15, -0.1) is 10.2 Å². The minimum absolute atomic E-state index is 0.0918. The van der Waals surface area contributed by atoms with Crippen LogP contribution in [0.3, 0.4) is 0 Å². The number of aromatic nitrogens is 2. The zero-order valence-corrected chi connectivity index (χ0v) is 18.8. The molecule has 1 aromatic heterocycles. The molecule has 1 saturated heterocycles. The molecule has 162 valence electrons. The second-order valence-electron chi connectivity index (χ2n) is 8.14. The number of carbonyl (C=O) groups excluding carboxylic acids is 2. The first-order valence-electron chi connectivity index (χ1n) is 9.55. The van der Waals surface area contributed by atoms with Gasteiger partial charge in [-0.2, -0.15) is 0 Å². The van der Waals surface area contributed by atoms with Crippen molar-refractivity contribution in [3.8, 4) is 0 Å². The summed E-state index contributed by atoms with van der Waals surface area (Å²) in [6.45, 7) is 6.68. The molecule has 2 amide bonds. The Morgan fingerprint density at radius 2 is 1.83 bits per heavy atom. The number of likely N-dealkylation sites (tertiary alicyclic amines) is 1. The number of benzene rings is 1. The minimum Gasteiger partial charge on any atom is -0.338 e. The summed E-state index contributed by atoms with van der Waals surface area (Å²) in [6.07, 6.45) is 1.50. The molecule has 0 spiro atoms. The van der Waals surface area contributed by atoms with E-state index in [1.807, 2.05) is 29.2 Å². The molecule has 1 aromatic carbocycles. The van der Waals surface area contributed by atoms with Crippen molar-refractivity contribution in [2.75, 3.05) is 11.9 Å². The number of amides is 2. The molecule has 2 N–H and O–H groups in total. The van der Waals surface area contributed by atoms with Gasteiger partial charge < -0.3 is 10.2 Å². The number of nitrogens with one attached hydrogen (secondary N) is 2. The SMILES string of the molecule is CC(C)(C)C(=O)Nc1nnc(S(=O)(=O)NCc2ccc(CN3CCCC3=O)cc2)s1. The fourth-order valence-corrected chi connectivity index (χ4v) is 4.70. The Morgan fingerprint density at radius 3 is 2.43 bits per heavy atom. The monoisotopic (exact) mass is 451 g/mol. The van der Waals surface area contributed by atoms with Crippen LogP contribution in [0.25, 0.3) is 0 Å². The number of rotatable bonds is 7. The maximum Gasteiger partial charge on any atom is 0.270 e. The summed E-state index contributed by atoms with van der Waals surface area (Å²) in [5.74, 6) is -0.103. The number of sulfonamides is 1. The Bertz CT molecular complexity index is 1030. The molecule has 30 heavy (non-hydrogen) atoms. The van der Waals surface area contributed by atoms with Crippen LogP contribution in [-0.2, 0) is 32.7 Å². The van der Waals surface area contributed by atoms with Crippen molar-refractivity contribution in [1.82, 2.24) is 19.8 Å². The minimum atomic E-state index is -3.85. The fourth-order valence-electron chi connectivity index (χ4n) is 2.75. The second kappa shape index (κ2) is 8.78. The number of carbonyl (C=O) groups is 2. The van der Waals surface area contributed by atoms with E-state index in [0.717, 1.165) is 35.4 Å². The first kappa shape index (κ1) is 22.3. The topological polar surface area (TPSA) is 121 Å². The molecule has 0 bridgehead atoms. The lowest BCUT2D eigenvalue weighted by Crippen LogP contribution is -2.27. The molecule has 2 aromatic rings. The van der Waals surface area contributed by atoms with Crippen LogP contribution in [0.2, 0.25) is 0 Å². The zero-order chi connectivity index (χ0) is 21.9. The van der Waals surface area contributed by atoms with E-state index in [0.29, 0.717) is 13.0 Å². The molecule has 0 radical (unpaired) electrons. The van der Waals surface area contributed by atoms with Gasteiger partial charge in [0.05, 0.1) is 0 Å². The Hall–Kier alpha value is -2.37. The fraction of sp³-hybridized carbons (Fsp3) is 0.474. The summed E-state index contributed by atoms with van der Waals surface area (Å²) in [6, 6.07) is 7.43. The summed E-state index contributed by atoms with van der Waals surface area (Å²) >= 11 is 0.798. The van der Waals surface area contributed by atoms with Gasteiger partial charge in [0.1, 0.15) is 0 Å². The molecule has 0 unspecified atom stereocenters. The van der Waals surface area contributed by atoms with E-state index in [9.17, 15) is 18.0 Å². The van der Waals surface area contributed by atoms with Crippen LogP contribution in [0, 0.1) is 5.41 Å². The van der Waals surface area contributed by atoms with Gasteiger partial charge in [-0.1, -0.05) is 56.4 Å². The van der Waals surface area contributed by atoms with E-state index in [1.165, 1.54) is 0 Å². The predicted octanol–water partition coefficient (Wildman–Crippen LogP) is 2.12. The lowest BCUT2D eigenvalue weighted by molar-refractivity contribution is -0.128. The van der Waals surface area contributed by atoms with Crippen LogP contribution in [0.1, 0.15) is 44.7 Å². The van der Waals surface area contributed by atoms with E-state index in [2.05, 4.69) is 20.2 Å². The summed E-state index contributed by atoms with van der Waals surface area (Å²) < 4.78 is 27.2. The summed E-state index contributed by atoms with van der Waals surface area (Å²) in [7, 11) is -3.85. The zero-order valence-electron chi connectivity index (χ0n) is 17.1. The highest BCUT2D eigenvalue weighted by molar-refractivity contribution is 7.91. The smallest absolute Gasteiger partial charge is 0.270 e. The second-order valence-corrected chi connectivity index (χ2v) is 11.1. The molecule has 0 atom stereocenters. The van der Waals surface area contributed by atoms with Crippen molar-refractivity contribution in [3.63, 3.8) is 0 Å². The maximum atomic E-state index is 12.5. The largest absolute Gasteiger partial charge is 0.338 e. The highest BCUT2D eigenvalue weighted by Gasteiger charge is 2.25. The van der Waals surface area contributed by atoms with E-state index >= 15 is 0 Å². The third kappa shape index (κ3) is 5.61. The molecular weight excluding hydrogens is 426 g/mol. The molecule has 3 rings (SSSR count). The normalized spacial score (nSPS) is 14.9. The van der Waals surface area contributed by atoms with Crippen LogP contribution in [0.15, 0.2) is 28.6 Å². The third-order valence-corrected chi connectivity index (χ3v) is 7.18. The maximum absolute atomic E-state index is 12.5. The molecular formula is C19H25N5O4S2. The Labute approximate surface area is 179 Å². The summed E-state index contributed by atoms with van der Waals surface area (Å²) in [4.78, 5) is 25.5.